The van der Waals surface area contributed by atoms with Crippen molar-refractivity contribution in [2.75, 3.05) is 19.6 Å². The second-order valence-corrected chi connectivity index (χ2v) is 7.70. The Hall–Kier alpha value is -1.85. The lowest BCUT2D eigenvalue weighted by Gasteiger charge is -2.26. The van der Waals surface area contributed by atoms with Gasteiger partial charge in [-0.15, -0.1) is 12.4 Å². The number of piperidine rings is 1. The van der Waals surface area contributed by atoms with Gasteiger partial charge < -0.3 is 10.2 Å². The fourth-order valence-electron chi connectivity index (χ4n) is 4.31. The summed E-state index contributed by atoms with van der Waals surface area (Å²) in [5.74, 6) is 0.0657. The van der Waals surface area contributed by atoms with E-state index in [1.165, 1.54) is 16.7 Å². The maximum Gasteiger partial charge on any atom is 0.274 e. The lowest BCUT2D eigenvalue weighted by molar-refractivity contribution is 0.0728. The number of amides is 1. The topological polar surface area (TPSA) is 50.2 Å². The van der Waals surface area contributed by atoms with E-state index in [-0.39, 0.29) is 24.4 Å². The first-order valence-electron chi connectivity index (χ1n) is 9.77. The number of benzene rings is 1. The smallest absolute Gasteiger partial charge is 0.274 e. The number of rotatable bonds is 3. The van der Waals surface area contributed by atoms with E-state index in [0.29, 0.717) is 11.7 Å². The third kappa shape index (κ3) is 4.04. The van der Waals surface area contributed by atoms with Gasteiger partial charge in [0.2, 0.25) is 0 Å². The predicted molar refractivity (Wildman–Crippen MR) is 110 cm³/mol. The molecule has 2 unspecified atom stereocenters. The normalized spacial score (nSPS) is 22.5. The third-order valence-electron chi connectivity index (χ3n) is 5.78. The molecule has 2 fully saturated rings. The van der Waals surface area contributed by atoms with Crippen LogP contribution in [0.15, 0.2) is 30.5 Å². The van der Waals surface area contributed by atoms with Crippen molar-refractivity contribution in [3.8, 4) is 0 Å². The van der Waals surface area contributed by atoms with Crippen LogP contribution in [0, 0.1) is 13.8 Å². The lowest BCUT2D eigenvalue weighted by Crippen LogP contribution is -2.33. The number of carbonyl (C=O) groups excluding carboxylic acids is 1. The zero-order chi connectivity index (χ0) is 18.1. The average molecular weight is 389 g/mol. The SMILES string of the molecule is Cc1ccc(C)c(C2CCCN2C(=O)c2ccn(C3CCCNC3)n2)c1.Cl. The monoisotopic (exact) mass is 388 g/mol. The van der Waals surface area contributed by atoms with E-state index >= 15 is 0 Å². The van der Waals surface area contributed by atoms with Gasteiger partial charge >= 0.3 is 0 Å². The molecule has 2 saturated heterocycles. The number of likely N-dealkylation sites (tertiary alicyclic amines) is 1. The van der Waals surface area contributed by atoms with Gasteiger partial charge in [0.05, 0.1) is 12.1 Å². The van der Waals surface area contributed by atoms with Crippen LogP contribution in [0.3, 0.4) is 0 Å². The van der Waals surface area contributed by atoms with Crippen LogP contribution in [0.2, 0.25) is 0 Å². The van der Waals surface area contributed by atoms with Crippen molar-refractivity contribution < 1.29 is 4.79 Å². The summed E-state index contributed by atoms with van der Waals surface area (Å²) < 4.78 is 1.97. The standard InChI is InChI=1S/C21H28N4O.ClH/c1-15-7-8-16(2)18(13-15)20-6-4-11-24(20)21(26)19-9-12-25(23-19)17-5-3-10-22-14-17;/h7-9,12-13,17,20,22H,3-6,10-11,14H2,1-2H3;1H. The summed E-state index contributed by atoms with van der Waals surface area (Å²) in [6.07, 6.45) is 6.33. The second kappa shape index (κ2) is 8.44. The van der Waals surface area contributed by atoms with E-state index < -0.39 is 0 Å². The minimum atomic E-state index is 0. The van der Waals surface area contributed by atoms with Gasteiger partial charge in [-0.25, -0.2) is 0 Å². The van der Waals surface area contributed by atoms with E-state index in [9.17, 15) is 4.79 Å². The number of halogens is 1. The van der Waals surface area contributed by atoms with Crippen molar-refractivity contribution in [1.82, 2.24) is 20.0 Å². The summed E-state index contributed by atoms with van der Waals surface area (Å²) in [6.45, 7) is 7.08. The zero-order valence-corrected chi connectivity index (χ0v) is 17.0. The van der Waals surface area contributed by atoms with Gasteiger partial charge in [0.15, 0.2) is 0 Å². The van der Waals surface area contributed by atoms with Crippen LogP contribution in [0.25, 0.3) is 0 Å². The molecule has 2 aliphatic rings. The minimum Gasteiger partial charge on any atom is -0.330 e. The molecular weight excluding hydrogens is 360 g/mol. The Kier molecular flexibility index (Phi) is 6.22. The molecule has 0 aliphatic carbocycles. The summed E-state index contributed by atoms with van der Waals surface area (Å²) in [6, 6.07) is 8.95. The molecule has 27 heavy (non-hydrogen) atoms. The molecule has 0 spiro atoms. The van der Waals surface area contributed by atoms with Crippen molar-refractivity contribution in [2.45, 2.75) is 51.6 Å². The maximum absolute atomic E-state index is 13.2. The van der Waals surface area contributed by atoms with E-state index in [1.807, 2.05) is 21.8 Å². The van der Waals surface area contributed by atoms with E-state index in [0.717, 1.165) is 45.3 Å². The molecule has 4 rings (SSSR count). The first kappa shape index (κ1) is 19.9. The molecule has 1 aromatic carbocycles. The fraction of sp³-hybridized carbons (Fsp3) is 0.524. The molecule has 2 aromatic rings. The largest absolute Gasteiger partial charge is 0.330 e. The summed E-state index contributed by atoms with van der Waals surface area (Å²) in [4.78, 5) is 15.2. The van der Waals surface area contributed by atoms with Crippen molar-refractivity contribution in [2.24, 2.45) is 0 Å². The van der Waals surface area contributed by atoms with Crippen LogP contribution in [-0.2, 0) is 0 Å². The van der Waals surface area contributed by atoms with Crippen molar-refractivity contribution in [3.63, 3.8) is 0 Å². The number of hydrogen-bond acceptors (Lipinski definition) is 3. The van der Waals surface area contributed by atoms with Crippen LogP contribution in [0.1, 0.15) is 64.9 Å². The number of nitrogens with zero attached hydrogens (tertiary/aromatic N) is 3. The Labute approximate surface area is 167 Å². The molecule has 146 valence electrons. The van der Waals surface area contributed by atoms with Gasteiger partial charge in [0.1, 0.15) is 5.69 Å². The highest BCUT2D eigenvalue weighted by atomic mass is 35.5. The molecule has 1 amide bonds. The molecule has 5 nitrogen and oxygen atoms in total. The highest BCUT2D eigenvalue weighted by Crippen LogP contribution is 2.35. The van der Waals surface area contributed by atoms with Crippen LogP contribution in [0.4, 0.5) is 0 Å². The van der Waals surface area contributed by atoms with Crippen LogP contribution >= 0.6 is 12.4 Å². The van der Waals surface area contributed by atoms with Gasteiger partial charge in [0, 0.05) is 19.3 Å². The summed E-state index contributed by atoms with van der Waals surface area (Å²) >= 11 is 0. The minimum absolute atomic E-state index is 0. The first-order chi connectivity index (χ1) is 12.6. The lowest BCUT2D eigenvalue weighted by atomic mass is 9.97. The highest BCUT2D eigenvalue weighted by molar-refractivity contribution is 5.92. The van der Waals surface area contributed by atoms with Gasteiger partial charge in [0.25, 0.3) is 5.91 Å². The Balaban J connectivity index is 0.00000210. The summed E-state index contributed by atoms with van der Waals surface area (Å²) in [7, 11) is 0. The van der Waals surface area contributed by atoms with Crippen molar-refractivity contribution >= 4 is 18.3 Å². The Morgan fingerprint density at radius 3 is 2.81 bits per heavy atom. The molecule has 1 N–H and O–H groups in total. The van der Waals surface area contributed by atoms with Gasteiger partial charge in [-0.2, -0.15) is 5.10 Å². The highest BCUT2D eigenvalue weighted by Gasteiger charge is 2.32. The van der Waals surface area contributed by atoms with Crippen LogP contribution in [0.5, 0.6) is 0 Å². The number of aromatic nitrogens is 2. The molecule has 2 aliphatic heterocycles. The Morgan fingerprint density at radius 1 is 1.19 bits per heavy atom. The molecule has 0 radical (unpaired) electrons. The molecule has 2 atom stereocenters. The summed E-state index contributed by atoms with van der Waals surface area (Å²) in [5, 5.41) is 8.04. The Morgan fingerprint density at radius 2 is 2.04 bits per heavy atom. The first-order valence-corrected chi connectivity index (χ1v) is 9.77. The number of nitrogens with one attached hydrogen (secondary N) is 1. The van der Waals surface area contributed by atoms with Crippen LogP contribution < -0.4 is 5.32 Å². The zero-order valence-electron chi connectivity index (χ0n) is 16.1. The third-order valence-corrected chi connectivity index (χ3v) is 5.78. The van der Waals surface area contributed by atoms with E-state index in [4.69, 9.17) is 0 Å². The molecule has 0 bridgehead atoms. The second-order valence-electron chi connectivity index (χ2n) is 7.70. The Bertz CT molecular complexity index is 797. The predicted octanol–water partition coefficient (Wildman–Crippen LogP) is 3.82. The van der Waals surface area contributed by atoms with Crippen molar-refractivity contribution in [1.29, 1.82) is 0 Å². The molecule has 6 heteroatoms. The number of aryl methyl sites for hydroxylation is 2. The van der Waals surface area contributed by atoms with Gasteiger partial charge in [-0.3, -0.25) is 9.48 Å². The summed E-state index contributed by atoms with van der Waals surface area (Å²) in [5.41, 5.74) is 4.37. The van der Waals surface area contributed by atoms with Gasteiger partial charge in [-0.05, 0) is 63.3 Å². The fourth-order valence-corrected chi connectivity index (χ4v) is 4.31. The quantitative estimate of drug-likeness (QED) is 0.869. The van der Waals surface area contributed by atoms with E-state index in [2.05, 4.69) is 42.5 Å². The number of hydrogen-bond donors (Lipinski definition) is 1. The molecule has 3 heterocycles. The van der Waals surface area contributed by atoms with Gasteiger partial charge in [-0.1, -0.05) is 23.8 Å². The van der Waals surface area contributed by atoms with E-state index in [1.54, 1.807) is 0 Å². The van der Waals surface area contributed by atoms with Crippen molar-refractivity contribution in [3.05, 3.63) is 52.8 Å². The maximum atomic E-state index is 13.2. The number of carbonyl (C=O) groups is 1. The average Bonchev–Trinajstić information content (AvgIpc) is 3.33. The van der Waals surface area contributed by atoms with Crippen LogP contribution in [-0.4, -0.2) is 40.2 Å². The molecule has 1 aromatic heterocycles. The molecule has 0 saturated carbocycles. The molecular formula is C21H29ClN4O.